The number of nitrogens with zero attached hydrogens (tertiary/aromatic N) is 2. The van der Waals surface area contributed by atoms with E-state index in [9.17, 15) is 4.79 Å². The number of likely N-dealkylation sites (N-methyl/N-ethyl adjacent to an activating group) is 1. The van der Waals surface area contributed by atoms with E-state index >= 15 is 0 Å². The van der Waals surface area contributed by atoms with E-state index in [2.05, 4.69) is 36.8 Å². The molecule has 1 aromatic rings. The second kappa shape index (κ2) is 19.5. The summed E-state index contributed by atoms with van der Waals surface area (Å²) >= 11 is 4.50. The number of rotatable bonds is 5. The third-order valence-electron chi connectivity index (χ3n) is 2.90. The number of aldehydes is 1. The van der Waals surface area contributed by atoms with Crippen molar-refractivity contribution in [2.75, 3.05) is 34.4 Å². The SMILES string of the molecule is CC(C=O)NPN1C=[N+](C)CC1.COC(C)C.COCl.Oc1ccccc1. The van der Waals surface area contributed by atoms with Crippen LogP contribution in [0.4, 0.5) is 0 Å². The van der Waals surface area contributed by atoms with Crippen molar-refractivity contribution in [3.63, 3.8) is 0 Å². The molecule has 0 spiro atoms. The number of hydrogen-bond acceptors (Lipinski definition) is 6. The van der Waals surface area contributed by atoms with Crippen LogP contribution >= 0.6 is 20.7 Å². The molecule has 0 fully saturated rings. The van der Waals surface area contributed by atoms with Crippen LogP contribution in [0.25, 0.3) is 0 Å². The topological polar surface area (TPSA) is 74.0 Å². The fourth-order valence-corrected chi connectivity index (χ4v) is 2.25. The number of para-hydroxylation sites is 1. The number of carbonyl (C=O) groups is 1. The van der Waals surface area contributed by atoms with Crippen LogP contribution in [0.15, 0.2) is 30.3 Å². The molecule has 2 unspecified atom stereocenters. The second-order valence-corrected chi connectivity index (χ2v) is 7.14. The molecule has 1 aromatic carbocycles. The Bertz CT molecular complexity index is 493. The molecule has 0 radical (unpaired) electrons. The van der Waals surface area contributed by atoms with E-state index in [0.717, 1.165) is 19.4 Å². The zero-order valence-corrected chi connectivity index (χ0v) is 18.8. The molecule has 0 aromatic heterocycles. The van der Waals surface area contributed by atoms with Crippen molar-refractivity contribution in [2.45, 2.75) is 32.9 Å². The molecular weight excluding hydrogens is 389 g/mol. The van der Waals surface area contributed by atoms with Crippen molar-refractivity contribution < 1.29 is 23.5 Å². The quantitative estimate of drug-likeness (QED) is 0.432. The number of aromatic hydroxyl groups is 1. The summed E-state index contributed by atoms with van der Waals surface area (Å²) in [5.74, 6) is 0.322. The number of hydrogen-bond donors (Lipinski definition) is 2. The third kappa shape index (κ3) is 20.9. The number of methoxy groups -OCH3 is 1. The molecule has 0 saturated carbocycles. The minimum atomic E-state index is -0.0392. The fraction of sp³-hybridized carbons (Fsp3) is 0.556. The van der Waals surface area contributed by atoms with Crippen LogP contribution < -0.4 is 5.09 Å². The smallest absolute Gasteiger partial charge is 0.237 e. The van der Waals surface area contributed by atoms with Gasteiger partial charge in [-0.1, -0.05) is 18.2 Å². The number of ether oxygens (including phenoxy) is 1. The highest BCUT2D eigenvalue weighted by atomic mass is 35.5. The van der Waals surface area contributed by atoms with Gasteiger partial charge in [0.1, 0.15) is 25.1 Å². The number of nitrogens with one attached hydrogen (secondary N) is 1. The molecule has 7 nitrogen and oxygen atoms in total. The van der Waals surface area contributed by atoms with Crippen LogP contribution in [0.2, 0.25) is 0 Å². The Hall–Kier alpha value is -1.24. The molecule has 27 heavy (non-hydrogen) atoms. The molecule has 2 atom stereocenters. The monoisotopic (exact) mass is 422 g/mol. The van der Waals surface area contributed by atoms with Crippen molar-refractivity contribution in [1.82, 2.24) is 9.76 Å². The maximum Gasteiger partial charge on any atom is 0.237 e. The minimum absolute atomic E-state index is 0.0392. The molecule has 1 aliphatic rings. The van der Waals surface area contributed by atoms with Crippen molar-refractivity contribution in [1.29, 1.82) is 0 Å². The largest absolute Gasteiger partial charge is 0.508 e. The van der Waals surface area contributed by atoms with Gasteiger partial charge in [0.05, 0.1) is 38.2 Å². The van der Waals surface area contributed by atoms with Gasteiger partial charge in [-0.05, 0) is 32.9 Å². The average Bonchev–Trinajstić information content (AvgIpc) is 3.07. The van der Waals surface area contributed by atoms with Crippen molar-refractivity contribution >= 4 is 33.4 Å². The van der Waals surface area contributed by atoms with Crippen molar-refractivity contribution in [2.24, 2.45) is 0 Å². The van der Waals surface area contributed by atoms with Crippen LogP contribution in [-0.2, 0) is 13.8 Å². The molecule has 2 N–H and O–H groups in total. The van der Waals surface area contributed by atoms with E-state index in [-0.39, 0.29) is 6.04 Å². The number of halogens is 1. The molecule has 2 rings (SSSR count). The average molecular weight is 423 g/mol. The van der Waals surface area contributed by atoms with Gasteiger partial charge in [-0.25, -0.2) is 4.67 Å². The van der Waals surface area contributed by atoms with Crippen LogP contribution in [0, 0.1) is 0 Å². The summed E-state index contributed by atoms with van der Waals surface area (Å²) in [7, 11) is 5.65. The number of phenolic OH excluding ortho intramolecular Hbond substituents is 1. The highest BCUT2D eigenvalue weighted by Gasteiger charge is 2.16. The summed E-state index contributed by atoms with van der Waals surface area (Å²) < 4.78 is 12.8. The van der Waals surface area contributed by atoms with E-state index in [4.69, 9.17) is 9.84 Å². The maximum absolute atomic E-state index is 10.3. The Balaban J connectivity index is 0. The first-order chi connectivity index (χ1) is 12.8. The molecule has 156 valence electrons. The minimum Gasteiger partial charge on any atom is -0.508 e. The molecule has 0 saturated heterocycles. The first kappa shape index (κ1) is 28.0. The summed E-state index contributed by atoms with van der Waals surface area (Å²) in [6.45, 7) is 7.98. The highest BCUT2D eigenvalue weighted by molar-refractivity contribution is 7.33. The molecule has 1 heterocycles. The van der Waals surface area contributed by atoms with Gasteiger partial charge < -0.3 is 14.6 Å². The van der Waals surface area contributed by atoms with E-state index in [0.29, 0.717) is 20.7 Å². The lowest BCUT2D eigenvalue weighted by atomic mass is 10.3. The van der Waals surface area contributed by atoms with Gasteiger partial charge in [0.15, 0.2) is 8.88 Å². The van der Waals surface area contributed by atoms with E-state index < -0.39 is 0 Å². The Morgan fingerprint density at radius 2 is 1.81 bits per heavy atom. The van der Waals surface area contributed by atoms with Crippen molar-refractivity contribution in [3.8, 4) is 5.75 Å². The number of carbonyl (C=O) groups excluding carboxylic acids is 1. The van der Waals surface area contributed by atoms with Gasteiger partial charge in [0.2, 0.25) is 6.34 Å². The Morgan fingerprint density at radius 3 is 2.11 bits per heavy atom. The van der Waals surface area contributed by atoms with Gasteiger partial charge in [-0.3, -0.25) is 14.0 Å². The molecule has 9 heteroatoms. The van der Waals surface area contributed by atoms with Gasteiger partial charge >= 0.3 is 0 Å². The second-order valence-electron chi connectivity index (χ2n) is 5.74. The molecule has 0 bridgehead atoms. The number of benzene rings is 1. The van der Waals surface area contributed by atoms with Crippen LogP contribution in [0.3, 0.4) is 0 Å². The lowest BCUT2D eigenvalue weighted by Gasteiger charge is -2.08. The van der Waals surface area contributed by atoms with E-state index in [1.165, 1.54) is 7.11 Å². The van der Waals surface area contributed by atoms with Gasteiger partial charge in [-0.15, -0.1) is 0 Å². The number of phenols is 1. The first-order valence-corrected chi connectivity index (χ1v) is 9.76. The van der Waals surface area contributed by atoms with E-state index in [1.54, 1.807) is 31.4 Å². The molecule has 0 amide bonds. The fourth-order valence-electron chi connectivity index (χ4n) is 1.35. The summed E-state index contributed by atoms with van der Waals surface area (Å²) in [4.78, 5) is 10.3. The Labute approximate surface area is 170 Å². The van der Waals surface area contributed by atoms with Crippen LogP contribution in [0.5, 0.6) is 5.75 Å². The summed E-state index contributed by atoms with van der Waals surface area (Å²) in [6, 6.07) is 8.67. The Kier molecular flexibility index (Phi) is 20.2. The predicted octanol–water partition coefficient (Wildman–Crippen LogP) is 2.88. The van der Waals surface area contributed by atoms with Gasteiger partial charge in [0.25, 0.3) is 0 Å². The van der Waals surface area contributed by atoms with Crippen LogP contribution in [0.1, 0.15) is 20.8 Å². The lowest BCUT2D eigenvalue weighted by molar-refractivity contribution is -0.482. The zero-order chi connectivity index (χ0) is 21.1. The van der Waals surface area contributed by atoms with Gasteiger partial charge in [-0.2, -0.15) is 0 Å². The highest BCUT2D eigenvalue weighted by Crippen LogP contribution is 2.13. The normalized spacial score (nSPS) is 13.6. The standard InChI is InChI=1S/C7H15N3OP.C6H6O.C4H10O.CH3ClO/c1-7(5-11)8-12-10-4-3-9(2)6-10;7-6-4-2-1-3-5-6;1-4(2)5-3;1-3-2/h5-8,12H,3-4H2,1-2H3;1-5,7H;4H,1-3H3;1H3/q+1;;;. The lowest BCUT2D eigenvalue weighted by Crippen LogP contribution is -2.24. The summed E-state index contributed by atoms with van der Waals surface area (Å²) in [5.41, 5.74) is 0. The predicted molar refractivity (Wildman–Crippen MR) is 114 cm³/mol. The third-order valence-corrected chi connectivity index (χ3v) is 4.11. The van der Waals surface area contributed by atoms with E-state index in [1.807, 2.05) is 33.9 Å². The molecular formula is C18H34ClN3O4P+. The Morgan fingerprint density at radius 1 is 1.30 bits per heavy atom. The molecule has 0 aliphatic carbocycles. The summed E-state index contributed by atoms with van der Waals surface area (Å²) in [6.07, 6.45) is 3.38. The first-order valence-electron chi connectivity index (χ1n) is 8.50. The molecule has 1 aliphatic heterocycles. The summed E-state index contributed by atoms with van der Waals surface area (Å²) in [5, 5.41) is 11.8. The van der Waals surface area contributed by atoms with Gasteiger partial charge in [0, 0.05) is 7.11 Å². The van der Waals surface area contributed by atoms with Crippen molar-refractivity contribution in [3.05, 3.63) is 30.3 Å². The van der Waals surface area contributed by atoms with Crippen LogP contribution in [-0.4, -0.2) is 73.5 Å². The zero-order valence-electron chi connectivity index (χ0n) is 17.1. The maximum atomic E-state index is 10.3.